The second-order valence-electron chi connectivity index (χ2n) is 4.06. The summed E-state index contributed by atoms with van der Waals surface area (Å²) in [5, 5.41) is 11.5. The second-order valence-corrected chi connectivity index (χ2v) is 4.06. The molecule has 0 aliphatic carbocycles. The lowest BCUT2D eigenvalue weighted by atomic mass is 10.1. The van der Waals surface area contributed by atoms with Crippen LogP contribution in [0.2, 0.25) is 0 Å². The van der Waals surface area contributed by atoms with Crippen molar-refractivity contribution in [2.45, 2.75) is 64.8 Å². The van der Waals surface area contributed by atoms with Crippen LogP contribution in [0.25, 0.3) is 0 Å². The second kappa shape index (κ2) is 9.19. The Kier molecular flexibility index (Phi) is 8.58. The van der Waals surface area contributed by atoms with Crippen LogP contribution in [0.15, 0.2) is 0 Å². The number of carbonyl (C=O) groups is 2. The summed E-state index contributed by atoms with van der Waals surface area (Å²) in [6, 6.07) is -0.714. The number of carboxylic acids is 1. The summed E-state index contributed by atoms with van der Waals surface area (Å²) in [4.78, 5) is 22.3. The van der Waals surface area contributed by atoms with Crippen LogP contribution >= 0.6 is 0 Å². The first kappa shape index (κ1) is 14.9. The van der Waals surface area contributed by atoms with Crippen molar-refractivity contribution in [2.24, 2.45) is 0 Å². The van der Waals surface area contributed by atoms with Gasteiger partial charge in [0.25, 0.3) is 0 Å². The monoisotopic (exact) mass is 229 g/mol. The highest BCUT2D eigenvalue weighted by Gasteiger charge is 2.18. The fourth-order valence-electron chi connectivity index (χ4n) is 1.47. The van der Waals surface area contributed by atoms with Crippen molar-refractivity contribution in [2.75, 3.05) is 0 Å². The quantitative estimate of drug-likeness (QED) is 0.596. The highest BCUT2D eigenvalue weighted by molar-refractivity contribution is 5.83. The molecule has 0 saturated carbocycles. The first-order valence-corrected chi connectivity index (χ1v) is 6.14. The highest BCUT2D eigenvalue weighted by Crippen LogP contribution is 2.03. The molecule has 0 bridgehead atoms. The molecule has 4 heteroatoms. The predicted molar refractivity (Wildman–Crippen MR) is 63.2 cm³/mol. The topological polar surface area (TPSA) is 66.4 Å². The number of hydrogen-bond donors (Lipinski definition) is 2. The van der Waals surface area contributed by atoms with Crippen LogP contribution in [-0.2, 0) is 9.59 Å². The van der Waals surface area contributed by atoms with Crippen molar-refractivity contribution in [3.8, 4) is 0 Å². The Balaban J connectivity index is 3.88. The molecule has 0 radical (unpaired) electrons. The largest absolute Gasteiger partial charge is 0.480 e. The average Bonchev–Trinajstić information content (AvgIpc) is 2.24. The minimum absolute atomic E-state index is 0.142. The molecule has 2 N–H and O–H groups in total. The Bertz CT molecular complexity index is 216. The molecule has 0 rings (SSSR count). The van der Waals surface area contributed by atoms with Crippen LogP contribution in [0.1, 0.15) is 58.8 Å². The maximum absolute atomic E-state index is 11.4. The molecule has 0 spiro atoms. The van der Waals surface area contributed by atoms with Crippen molar-refractivity contribution in [1.82, 2.24) is 5.32 Å². The Morgan fingerprint density at radius 2 is 1.75 bits per heavy atom. The molecule has 4 nitrogen and oxygen atoms in total. The summed E-state index contributed by atoms with van der Waals surface area (Å²) in [6.45, 7) is 4.07. The fraction of sp³-hybridized carbons (Fsp3) is 0.833. The molecule has 0 aliphatic rings. The van der Waals surface area contributed by atoms with E-state index in [9.17, 15) is 9.59 Å². The van der Waals surface area contributed by atoms with Crippen LogP contribution in [0.3, 0.4) is 0 Å². The first-order valence-electron chi connectivity index (χ1n) is 6.14. The summed E-state index contributed by atoms with van der Waals surface area (Å²) in [5.74, 6) is -1.07. The van der Waals surface area contributed by atoms with E-state index in [4.69, 9.17) is 5.11 Å². The van der Waals surface area contributed by atoms with E-state index in [0.29, 0.717) is 12.8 Å². The molecule has 16 heavy (non-hydrogen) atoms. The third kappa shape index (κ3) is 7.26. The molecule has 1 atom stereocenters. The Labute approximate surface area is 97.4 Å². The zero-order chi connectivity index (χ0) is 12.4. The fourth-order valence-corrected chi connectivity index (χ4v) is 1.47. The van der Waals surface area contributed by atoms with E-state index in [2.05, 4.69) is 12.2 Å². The van der Waals surface area contributed by atoms with Crippen molar-refractivity contribution >= 4 is 11.9 Å². The minimum Gasteiger partial charge on any atom is -0.480 e. The summed E-state index contributed by atoms with van der Waals surface area (Å²) in [6.07, 6.45) is 5.63. The third-order valence-electron chi connectivity index (χ3n) is 2.49. The lowest BCUT2D eigenvalue weighted by Gasteiger charge is -2.13. The molecule has 0 saturated heterocycles. The van der Waals surface area contributed by atoms with Crippen LogP contribution in [-0.4, -0.2) is 23.0 Å². The maximum atomic E-state index is 11.4. The lowest BCUT2D eigenvalue weighted by Crippen LogP contribution is -2.40. The van der Waals surface area contributed by atoms with Gasteiger partial charge in [-0.1, -0.05) is 39.5 Å². The number of nitrogens with one attached hydrogen (secondary N) is 1. The number of rotatable bonds is 9. The van der Waals surface area contributed by atoms with Gasteiger partial charge < -0.3 is 10.4 Å². The summed E-state index contributed by atoms with van der Waals surface area (Å²) < 4.78 is 0. The molecule has 1 amide bonds. The van der Waals surface area contributed by atoms with Gasteiger partial charge in [-0.2, -0.15) is 0 Å². The number of hydrogen-bond acceptors (Lipinski definition) is 2. The van der Waals surface area contributed by atoms with Crippen molar-refractivity contribution < 1.29 is 14.7 Å². The molecule has 0 aromatic carbocycles. The predicted octanol–water partition coefficient (Wildman–Crippen LogP) is 2.33. The van der Waals surface area contributed by atoms with Gasteiger partial charge in [-0.15, -0.1) is 0 Å². The zero-order valence-electron chi connectivity index (χ0n) is 10.3. The van der Waals surface area contributed by atoms with Gasteiger partial charge >= 0.3 is 5.97 Å². The molecule has 0 unspecified atom stereocenters. The maximum Gasteiger partial charge on any atom is 0.326 e. The molecule has 0 aliphatic heterocycles. The lowest BCUT2D eigenvalue weighted by molar-refractivity contribution is -0.142. The Hall–Kier alpha value is -1.06. The van der Waals surface area contributed by atoms with E-state index >= 15 is 0 Å². The number of aliphatic carboxylic acids is 1. The van der Waals surface area contributed by atoms with Crippen LogP contribution in [0.4, 0.5) is 0 Å². The van der Waals surface area contributed by atoms with Crippen LogP contribution in [0, 0.1) is 0 Å². The molecule has 94 valence electrons. The van der Waals surface area contributed by atoms with Gasteiger partial charge in [0.2, 0.25) is 5.91 Å². The van der Waals surface area contributed by atoms with E-state index in [1.54, 1.807) is 0 Å². The molecular formula is C12H23NO3. The van der Waals surface area contributed by atoms with Crippen molar-refractivity contribution in [3.63, 3.8) is 0 Å². The molecule has 0 aromatic heterocycles. The van der Waals surface area contributed by atoms with Crippen molar-refractivity contribution in [1.29, 1.82) is 0 Å². The van der Waals surface area contributed by atoms with E-state index < -0.39 is 12.0 Å². The van der Waals surface area contributed by atoms with Gasteiger partial charge in [-0.05, 0) is 12.8 Å². The molecule has 0 heterocycles. The van der Waals surface area contributed by atoms with Gasteiger partial charge in [0.1, 0.15) is 6.04 Å². The number of carboxylic acid groups (broad SMARTS) is 1. The molecular weight excluding hydrogens is 206 g/mol. The summed E-state index contributed by atoms with van der Waals surface area (Å²) in [7, 11) is 0. The molecule has 0 aromatic rings. The van der Waals surface area contributed by atoms with Crippen molar-refractivity contribution in [3.05, 3.63) is 0 Å². The smallest absolute Gasteiger partial charge is 0.326 e. The third-order valence-corrected chi connectivity index (χ3v) is 2.49. The van der Waals surface area contributed by atoms with Gasteiger partial charge in [-0.3, -0.25) is 4.79 Å². The number of carbonyl (C=O) groups excluding carboxylic acids is 1. The molecule has 0 fully saturated rings. The van der Waals surface area contributed by atoms with E-state index in [-0.39, 0.29) is 5.91 Å². The highest BCUT2D eigenvalue weighted by atomic mass is 16.4. The number of unbranched alkanes of at least 4 members (excludes halogenated alkanes) is 3. The Morgan fingerprint density at radius 1 is 1.12 bits per heavy atom. The standard InChI is InChI=1S/C12H23NO3/c1-3-5-7-9-11(14)13-10(12(15)16)8-6-4-2/h10H,3-9H2,1-2H3,(H,13,14)(H,15,16)/t10-/m0/s1. The Morgan fingerprint density at radius 3 is 2.25 bits per heavy atom. The summed E-state index contributed by atoms with van der Waals surface area (Å²) in [5.41, 5.74) is 0. The van der Waals surface area contributed by atoms with E-state index in [0.717, 1.165) is 32.1 Å². The van der Waals surface area contributed by atoms with Crippen LogP contribution in [0.5, 0.6) is 0 Å². The first-order chi connectivity index (χ1) is 7.61. The van der Waals surface area contributed by atoms with Gasteiger partial charge in [0.05, 0.1) is 0 Å². The van der Waals surface area contributed by atoms with E-state index in [1.165, 1.54) is 0 Å². The number of amides is 1. The van der Waals surface area contributed by atoms with E-state index in [1.807, 2.05) is 6.92 Å². The van der Waals surface area contributed by atoms with Gasteiger partial charge in [0.15, 0.2) is 0 Å². The van der Waals surface area contributed by atoms with Gasteiger partial charge in [-0.25, -0.2) is 4.79 Å². The zero-order valence-corrected chi connectivity index (χ0v) is 10.3. The van der Waals surface area contributed by atoms with Gasteiger partial charge in [0, 0.05) is 6.42 Å². The minimum atomic E-state index is -0.933. The summed E-state index contributed by atoms with van der Waals surface area (Å²) >= 11 is 0. The SMILES string of the molecule is CCCCCC(=O)N[C@@H](CCCC)C(=O)O. The van der Waals surface area contributed by atoms with Crippen LogP contribution < -0.4 is 5.32 Å². The normalized spacial score (nSPS) is 12.1. The average molecular weight is 229 g/mol.